The van der Waals surface area contributed by atoms with Gasteiger partial charge in [-0.05, 0) is 37.1 Å². The van der Waals surface area contributed by atoms with E-state index >= 15 is 0 Å². The highest BCUT2D eigenvalue weighted by Gasteiger charge is 2.17. The summed E-state index contributed by atoms with van der Waals surface area (Å²) in [6.07, 6.45) is 0. The summed E-state index contributed by atoms with van der Waals surface area (Å²) >= 11 is 1.51. The molecule has 0 aliphatic rings. The maximum Gasteiger partial charge on any atom is 0.254 e. The van der Waals surface area contributed by atoms with E-state index in [4.69, 9.17) is 0 Å². The maximum atomic E-state index is 13.1. The Morgan fingerprint density at radius 3 is 2.57 bits per heavy atom. The number of thioether (sulfide) groups is 1. The molecule has 0 radical (unpaired) electrons. The van der Waals surface area contributed by atoms with Crippen LogP contribution in [0.3, 0.4) is 0 Å². The summed E-state index contributed by atoms with van der Waals surface area (Å²) in [5.41, 5.74) is 4.69. The number of aryl methyl sites for hydroxylation is 2. The van der Waals surface area contributed by atoms with E-state index in [1.807, 2.05) is 81.6 Å². The molecule has 0 N–H and O–H groups in total. The van der Waals surface area contributed by atoms with Crippen LogP contribution in [-0.4, -0.2) is 37.4 Å². The number of nitrogens with zero attached hydrogens (tertiary/aromatic N) is 5. The zero-order valence-electron chi connectivity index (χ0n) is 17.2. The van der Waals surface area contributed by atoms with E-state index in [0.29, 0.717) is 28.8 Å². The highest BCUT2D eigenvalue weighted by molar-refractivity contribution is 7.98. The molecule has 7 heteroatoms. The molecule has 0 aliphatic carbocycles. The normalized spacial score (nSPS) is 11.0. The zero-order chi connectivity index (χ0) is 21.1. The number of carbonyl (C=O) groups excluding carboxylic acids is 1. The summed E-state index contributed by atoms with van der Waals surface area (Å²) in [7, 11) is 1.83. The number of benzene rings is 2. The van der Waals surface area contributed by atoms with Gasteiger partial charge in [0.25, 0.3) is 11.7 Å². The van der Waals surface area contributed by atoms with Crippen LogP contribution in [0.15, 0.2) is 65.8 Å². The van der Waals surface area contributed by atoms with Crippen molar-refractivity contribution in [1.29, 1.82) is 0 Å². The number of aromatic nitrogens is 4. The molecule has 0 saturated heterocycles. The number of amides is 1. The molecule has 2 aromatic carbocycles. The Morgan fingerprint density at radius 1 is 1.03 bits per heavy atom. The van der Waals surface area contributed by atoms with E-state index in [9.17, 15) is 4.79 Å². The lowest BCUT2D eigenvalue weighted by molar-refractivity contribution is 0.0784. The molecule has 0 atom stereocenters. The van der Waals surface area contributed by atoms with Gasteiger partial charge in [0, 0.05) is 36.3 Å². The number of hydrogen-bond acceptors (Lipinski definition) is 5. The summed E-state index contributed by atoms with van der Waals surface area (Å²) in [4.78, 5) is 23.8. The lowest BCUT2D eigenvalue weighted by atomic mass is 10.1. The minimum atomic E-state index is 0.00569. The number of fused-ring (bicyclic) bond motifs is 1. The van der Waals surface area contributed by atoms with Gasteiger partial charge in [-0.2, -0.15) is 4.98 Å². The van der Waals surface area contributed by atoms with Gasteiger partial charge in [-0.3, -0.25) is 4.79 Å². The second kappa shape index (κ2) is 8.67. The van der Waals surface area contributed by atoms with Crippen molar-refractivity contribution in [2.75, 3.05) is 7.05 Å². The van der Waals surface area contributed by atoms with Crippen molar-refractivity contribution < 1.29 is 4.79 Å². The molecule has 4 rings (SSSR count). The van der Waals surface area contributed by atoms with Gasteiger partial charge in [0.2, 0.25) is 5.16 Å². The van der Waals surface area contributed by atoms with Gasteiger partial charge in [0.05, 0.1) is 0 Å². The second-order valence-electron chi connectivity index (χ2n) is 7.24. The van der Waals surface area contributed by atoms with Crippen molar-refractivity contribution in [1.82, 2.24) is 24.5 Å². The highest BCUT2D eigenvalue weighted by atomic mass is 32.2. The van der Waals surface area contributed by atoms with Gasteiger partial charge >= 0.3 is 0 Å². The summed E-state index contributed by atoms with van der Waals surface area (Å²) < 4.78 is 1.75. The molecule has 30 heavy (non-hydrogen) atoms. The van der Waals surface area contributed by atoms with Crippen LogP contribution in [0.5, 0.6) is 0 Å². The quantitative estimate of drug-likeness (QED) is 0.438. The molecule has 2 heterocycles. The molecule has 0 saturated carbocycles. The summed E-state index contributed by atoms with van der Waals surface area (Å²) in [5.74, 6) is 1.21. The Labute approximate surface area is 180 Å². The van der Waals surface area contributed by atoms with Crippen LogP contribution in [0.25, 0.3) is 5.78 Å². The lowest BCUT2D eigenvalue weighted by Gasteiger charge is -2.19. The first kappa shape index (κ1) is 20.1. The molecular weight excluding hydrogens is 394 g/mol. The number of rotatable bonds is 6. The summed E-state index contributed by atoms with van der Waals surface area (Å²) in [6, 6.07) is 19.7. The van der Waals surface area contributed by atoms with Gasteiger partial charge in [0.1, 0.15) is 0 Å². The van der Waals surface area contributed by atoms with Crippen LogP contribution < -0.4 is 0 Å². The molecule has 0 fully saturated rings. The third kappa shape index (κ3) is 4.36. The first-order chi connectivity index (χ1) is 14.5. The van der Waals surface area contributed by atoms with Crippen LogP contribution in [0.4, 0.5) is 0 Å². The standard InChI is InChI=1S/C23H23N5OS/c1-16-13-17(2)28-22(24-16)25-23(26-28)30-15-19-11-7-8-12-20(19)21(29)27(3)14-18-9-5-4-6-10-18/h4-13H,14-15H2,1-3H3. The largest absolute Gasteiger partial charge is 0.337 e. The number of hydrogen-bond donors (Lipinski definition) is 0. The first-order valence-corrected chi connectivity index (χ1v) is 10.7. The average molecular weight is 418 g/mol. The predicted molar refractivity (Wildman–Crippen MR) is 118 cm³/mol. The Hall–Kier alpha value is -3.19. The van der Waals surface area contributed by atoms with E-state index < -0.39 is 0 Å². The molecule has 6 nitrogen and oxygen atoms in total. The van der Waals surface area contributed by atoms with Gasteiger partial charge in [0.15, 0.2) is 0 Å². The topological polar surface area (TPSA) is 63.4 Å². The van der Waals surface area contributed by atoms with Gasteiger partial charge < -0.3 is 4.90 Å². The molecular formula is C23H23N5OS. The zero-order valence-corrected chi connectivity index (χ0v) is 18.1. The van der Waals surface area contributed by atoms with E-state index in [-0.39, 0.29) is 5.91 Å². The molecule has 0 spiro atoms. The van der Waals surface area contributed by atoms with Gasteiger partial charge in [-0.15, -0.1) is 5.10 Å². The fourth-order valence-corrected chi connectivity index (χ4v) is 4.16. The monoisotopic (exact) mass is 417 g/mol. The van der Waals surface area contributed by atoms with Crippen molar-refractivity contribution in [3.63, 3.8) is 0 Å². The van der Waals surface area contributed by atoms with Crippen molar-refractivity contribution >= 4 is 23.4 Å². The Kier molecular flexibility index (Phi) is 5.81. The molecule has 0 bridgehead atoms. The molecule has 0 aliphatic heterocycles. The minimum absolute atomic E-state index is 0.00569. The third-order valence-corrected chi connectivity index (χ3v) is 5.70. The van der Waals surface area contributed by atoms with Crippen molar-refractivity contribution in [2.45, 2.75) is 31.3 Å². The van der Waals surface area contributed by atoms with Gasteiger partial charge in [-0.1, -0.05) is 60.3 Å². The van der Waals surface area contributed by atoms with Crippen LogP contribution in [0.1, 0.15) is 32.9 Å². The SMILES string of the molecule is Cc1cc(C)n2nc(SCc3ccccc3C(=O)N(C)Cc3ccccc3)nc2n1. The lowest BCUT2D eigenvalue weighted by Crippen LogP contribution is -2.27. The van der Waals surface area contributed by atoms with E-state index in [1.165, 1.54) is 11.8 Å². The predicted octanol–water partition coefficient (Wildman–Crippen LogP) is 4.31. The summed E-state index contributed by atoms with van der Waals surface area (Å²) in [5, 5.41) is 5.19. The van der Waals surface area contributed by atoms with Crippen LogP contribution in [0, 0.1) is 13.8 Å². The van der Waals surface area contributed by atoms with Crippen LogP contribution >= 0.6 is 11.8 Å². The first-order valence-electron chi connectivity index (χ1n) is 9.72. The minimum Gasteiger partial charge on any atom is -0.337 e. The number of carbonyl (C=O) groups is 1. The fraction of sp³-hybridized carbons (Fsp3) is 0.217. The molecule has 1 amide bonds. The van der Waals surface area contributed by atoms with E-state index in [0.717, 1.165) is 22.5 Å². The van der Waals surface area contributed by atoms with Crippen LogP contribution in [-0.2, 0) is 12.3 Å². The van der Waals surface area contributed by atoms with Crippen molar-refractivity contribution in [3.05, 3.63) is 88.7 Å². The smallest absolute Gasteiger partial charge is 0.254 e. The molecule has 0 unspecified atom stereocenters. The highest BCUT2D eigenvalue weighted by Crippen LogP contribution is 2.23. The maximum absolute atomic E-state index is 13.1. The fourth-order valence-electron chi connectivity index (χ4n) is 3.34. The Balaban J connectivity index is 1.50. The van der Waals surface area contributed by atoms with E-state index in [2.05, 4.69) is 15.1 Å². The molecule has 4 aromatic rings. The third-order valence-electron chi connectivity index (χ3n) is 4.81. The van der Waals surface area contributed by atoms with Crippen LogP contribution in [0.2, 0.25) is 0 Å². The van der Waals surface area contributed by atoms with Crippen molar-refractivity contribution in [2.24, 2.45) is 0 Å². The van der Waals surface area contributed by atoms with E-state index in [1.54, 1.807) is 9.42 Å². The average Bonchev–Trinajstić information content (AvgIpc) is 3.16. The second-order valence-corrected chi connectivity index (χ2v) is 8.18. The Morgan fingerprint density at radius 2 is 1.77 bits per heavy atom. The molecule has 2 aromatic heterocycles. The van der Waals surface area contributed by atoms with Gasteiger partial charge in [-0.25, -0.2) is 9.50 Å². The molecule has 152 valence electrons. The summed E-state index contributed by atoms with van der Waals surface area (Å²) in [6.45, 7) is 4.50. The Bertz CT molecular complexity index is 1190. The van der Waals surface area contributed by atoms with Crippen molar-refractivity contribution in [3.8, 4) is 0 Å².